The van der Waals surface area contributed by atoms with Crippen LogP contribution in [0.3, 0.4) is 0 Å². The van der Waals surface area contributed by atoms with Crippen LogP contribution in [0.4, 0.5) is 5.69 Å². The topological polar surface area (TPSA) is 133 Å². The van der Waals surface area contributed by atoms with Crippen molar-refractivity contribution in [3.63, 3.8) is 0 Å². The molecule has 0 fully saturated rings. The van der Waals surface area contributed by atoms with Crippen molar-refractivity contribution >= 4 is 31.6 Å². The van der Waals surface area contributed by atoms with Crippen molar-refractivity contribution in [2.75, 3.05) is 31.5 Å². The van der Waals surface area contributed by atoms with Crippen molar-refractivity contribution in [3.05, 3.63) is 83.4 Å². The number of carbonyl (C=O) groups is 1. The van der Waals surface area contributed by atoms with E-state index in [-0.39, 0.29) is 46.5 Å². The molecule has 3 aromatic rings. The molecule has 0 saturated heterocycles. The van der Waals surface area contributed by atoms with Gasteiger partial charge in [-0.3, -0.25) is 9.52 Å². The number of rotatable bonds is 9. The highest BCUT2D eigenvalue weighted by Gasteiger charge is 2.36. The Hall–Kier alpha value is -3.45. The van der Waals surface area contributed by atoms with Gasteiger partial charge in [0.05, 0.1) is 40.2 Å². The molecular formula is C30H37N3O7S2. The number of benzene rings is 3. The van der Waals surface area contributed by atoms with E-state index in [1.54, 1.807) is 49.4 Å². The van der Waals surface area contributed by atoms with E-state index in [1.165, 1.54) is 40.5 Å². The molecule has 3 atom stereocenters. The van der Waals surface area contributed by atoms with Gasteiger partial charge in [-0.1, -0.05) is 48.4 Å². The fourth-order valence-electron chi connectivity index (χ4n) is 4.70. The summed E-state index contributed by atoms with van der Waals surface area (Å²) in [5.74, 6) is -0.839. The monoisotopic (exact) mass is 615 g/mol. The van der Waals surface area contributed by atoms with Gasteiger partial charge < -0.3 is 14.7 Å². The maximum atomic E-state index is 13.7. The smallest absolute Gasteiger partial charge is 0.262 e. The Morgan fingerprint density at radius 3 is 2.12 bits per heavy atom. The quantitative estimate of drug-likeness (QED) is 0.376. The summed E-state index contributed by atoms with van der Waals surface area (Å²) in [5, 5.41) is 9.91. The molecule has 4 rings (SSSR count). The number of fused-ring (bicyclic) bond motifs is 1. The van der Waals surface area contributed by atoms with Crippen molar-refractivity contribution in [1.29, 1.82) is 0 Å². The molecule has 42 heavy (non-hydrogen) atoms. The van der Waals surface area contributed by atoms with Crippen molar-refractivity contribution in [2.45, 2.75) is 49.6 Å². The molecule has 2 N–H and O–H groups in total. The minimum atomic E-state index is -4.05. The number of hydrogen-bond donors (Lipinski definition) is 2. The predicted molar refractivity (Wildman–Crippen MR) is 161 cm³/mol. The number of aliphatic hydroxyl groups is 1. The molecule has 226 valence electrons. The average Bonchev–Trinajstić information content (AvgIpc) is 2.95. The first-order chi connectivity index (χ1) is 19.7. The summed E-state index contributed by atoms with van der Waals surface area (Å²) in [5.41, 5.74) is 1.96. The zero-order chi connectivity index (χ0) is 30.8. The zero-order valence-electron chi connectivity index (χ0n) is 24.3. The maximum Gasteiger partial charge on any atom is 0.262 e. The molecule has 0 bridgehead atoms. The number of likely N-dealkylation sites (N-methyl/N-ethyl adjacent to an activating group) is 1. The van der Waals surface area contributed by atoms with E-state index < -0.39 is 44.0 Å². The Labute approximate surface area is 248 Å². The summed E-state index contributed by atoms with van der Waals surface area (Å²) in [4.78, 5) is 15.4. The lowest BCUT2D eigenvalue weighted by molar-refractivity contribution is 0.0389. The van der Waals surface area contributed by atoms with Crippen LogP contribution in [0.5, 0.6) is 5.75 Å². The lowest BCUT2D eigenvalue weighted by Crippen LogP contribution is -2.50. The summed E-state index contributed by atoms with van der Waals surface area (Å²) in [7, 11) is -6.48. The third-order valence-electron chi connectivity index (χ3n) is 7.43. The van der Waals surface area contributed by atoms with Crippen LogP contribution in [-0.2, 0) is 20.0 Å². The zero-order valence-corrected chi connectivity index (χ0v) is 25.9. The molecule has 1 aliphatic heterocycles. The van der Waals surface area contributed by atoms with Gasteiger partial charge in [0.15, 0.2) is 5.75 Å². The van der Waals surface area contributed by atoms with Gasteiger partial charge in [-0.25, -0.2) is 16.8 Å². The van der Waals surface area contributed by atoms with Crippen LogP contribution in [0, 0.1) is 19.8 Å². The number of anilines is 1. The van der Waals surface area contributed by atoms with Gasteiger partial charge in [-0.15, -0.1) is 0 Å². The predicted octanol–water partition coefficient (Wildman–Crippen LogP) is 3.65. The second-order valence-corrected chi connectivity index (χ2v) is 14.5. The standard InChI is InChI=1S/C30H37N3O7S2/c1-20-9-13-24(14-10-20)41(36,37)31-27-8-6-7-26-29(27)40-28(22(3)17-33(30(26)35)23(4)19-34)18-32(5)42(38,39)25-15-11-21(2)12-16-25/h6-16,22-23,28,31,34H,17-19H2,1-5H3/t22-,23+,28-/m1/s1. The summed E-state index contributed by atoms with van der Waals surface area (Å²) < 4.78 is 63.6. The van der Waals surface area contributed by atoms with E-state index in [1.807, 2.05) is 20.8 Å². The highest BCUT2D eigenvalue weighted by molar-refractivity contribution is 7.92. The first-order valence-electron chi connectivity index (χ1n) is 13.6. The van der Waals surface area contributed by atoms with Gasteiger partial charge >= 0.3 is 0 Å². The Bertz CT molecular complexity index is 1640. The molecule has 0 aromatic heterocycles. The number of nitrogens with zero attached hydrogens (tertiary/aromatic N) is 2. The van der Waals surface area contributed by atoms with Crippen LogP contribution >= 0.6 is 0 Å². The van der Waals surface area contributed by atoms with E-state index in [0.717, 1.165) is 11.1 Å². The third-order valence-corrected chi connectivity index (χ3v) is 10.7. The molecule has 1 heterocycles. The molecule has 0 unspecified atom stereocenters. The molecule has 0 spiro atoms. The van der Waals surface area contributed by atoms with Crippen LogP contribution in [0.2, 0.25) is 0 Å². The lowest BCUT2D eigenvalue weighted by Gasteiger charge is -2.38. The minimum Gasteiger partial charge on any atom is -0.486 e. The fourth-order valence-corrected chi connectivity index (χ4v) is 6.95. The van der Waals surface area contributed by atoms with Crippen LogP contribution in [-0.4, -0.2) is 75.9 Å². The molecule has 0 aliphatic carbocycles. The summed E-state index contributed by atoms with van der Waals surface area (Å²) in [6.45, 7) is 7.06. The number of hydrogen-bond acceptors (Lipinski definition) is 7. The highest BCUT2D eigenvalue weighted by Crippen LogP contribution is 2.36. The van der Waals surface area contributed by atoms with Gasteiger partial charge in [0, 0.05) is 19.5 Å². The number of aliphatic hydroxyl groups excluding tert-OH is 1. The second kappa shape index (κ2) is 12.4. The normalized spacial score (nSPS) is 18.5. The van der Waals surface area contributed by atoms with Gasteiger partial charge in [-0.2, -0.15) is 4.31 Å². The number of sulfonamides is 2. The molecule has 1 aliphatic rings. The van der Waals surface area contributed by atoms with Gasteiger partial charge in [0.2, 0.25) is 10.0 Å². The van der Waals surface area contributed by atoms with E-state index in [2.05, 4.69) is 4.72 Å². The number of ether oxygens (including phenoxy) is 1. The van der Waals surface area contributed by atoms with E-state index in [4.69, 9.17) is 4.74 Å². The van der Waals surface area contributed by atoms with Crippen molar-refractivity contribution in [2.24, 2.45) is 5.92 Å². The number of aryl methyl sites for hydroxylation is 2. The molecular weight excluding hydrogens is 578 g/mol. The van der Waals surface area contributed by atoms with Crippen LogP contribution in [0.15, 0.2) is 76.5 Å². The summed E-state index contributed by atoms with van der Waals surface area (Å²) in [6.07, 6.45) is -0.777. The van der Waals surface area contributed by atoms with E-state index in [0.29, 0.717) is 0 Å². The van der Waals surface area contributed by atoms with Crippen molar-refractivity contribution in [3.8, 4) is 5.75 Å². The Balaban J connectivity index is 1.76. The number of amides is 1. The Morgan fingerprint density at radius 2 is 1.55 bits per heavy atom. The largest absolute Gasteiger partial charge is 0.486 e. The molecule has 0 saturated carbocycles. The molecule has 3 aromatic carbocycles. The van der Waals surface area contributed by atoms with E-state index in [9.17, 15) is 26.7 Å². The number of carbonyl (C=O) groups excluding carboxylic acids is 1. The first kappa shape index (κ1) is 31.5. The van der Waals surface area contributed by atoms with Gasteiger partial charge in [-0.05, 0) is 57.2 Å². The van der Waals surface area contributed by atoms with Gasteiger partial charge in [0.1, 0.15) is 6.10 Å². The molecule has 1 amide bonds. The third kappa shape index (κ3) is 6.62. The first-order valence-corrected chi connectivity index (χ1v) is 16.5. The fraction of sp³-hybridized carbons (Fsp3) is 0.367. The highest BCUT2D eigenvalue weighted by atomic mass is 32.2. The van der Waals surface area contributed by atoms with Crippen molar-refractivity contribution in [1.82, 2.24) is 9.21 Å². The summed E-state index contributed by atoms with van der Waals surface area (Å²) in [6, 6.07) is 16.9. The maximum absolute atomic E-state index is 13.7. The molecule has 0 radical (unpaired) electrons. The molecule has 10 nitrogen and oxygen atoms in total. The lowest BCUT2D eigenvalue weighted by atomic mass is 9.99. The van der Waals surface area contributed by atoms with Crippen molar-refractivity contribution < 1.29 is 31.5 Å². The number of para-hydroxylation sites is 1. The SMILES string of the molecule is Cc1ccc(S(=O)(=O)Nc2cccc3c2O[C@H](CN(C)S(=O)(=O)c2ccc(C)cc2)[C@H](C)CN([C@@H](C)CO)C3=O)cc1. The number of nitrogens with one attached hydrogen (secondary N) is 1. The van der Waals surface area contributed by atoms with Crippen LogP contribution in [0.25, 0.3) is 0 Å². The van der Waals surface area contributed by atoms with Crippen LogP contribution in [0.1, 0.15) is 35.3 Å². The molecule has 12 heteroatoms. The minimum absolute atomic E-state index is 0.00832. The van der Waals surface area contributed by atoms with Gasteiger partial charge in [0.25, 0.3) is 15.9 Å². The van der Waals surface area contributed by atoms with Crippen LogP contribution < -0.4 is 9.46 Å². The average molecular weight is 616 g/mol. The Kier molecular flexibility index (Phi) is 9.31. The second-order valence-electron chi connectivity index (χ2n) is 10.8. The Morgan fingerprint density at radius 1 is 0.976 bits per heavy atom. The van der Waals surface area contributed by atoms with E-state index >= 15 is 0 Å². The summed E-state index contributed by atoms with van der Waals surface area (Å²) >= 11 is 0.